The Kier molecular flexibility index (Phi) is 9.04. The topological polar surface area (TPSA) is 113 Å². The molecule has 43 heavy (non-hydrogen) atoms. The van der Waals surface area contributed by atoms with Crippen molar-refractivity contribution in [2.24, 2.45) is 11.7 Å². The average Bonchev–Trinajstić information content (AvgIpc) is 3.12. The van der Waals surface area contributed by atoms with E-state index in [9.17, 15) is 19.2 Å². The molecule has 1 aliphatic heterocycles. The monoisotopic (exact) mass is 598 g/mol. The van der Waals surface area contributed by atoms with E-state index in [1.807, 2.05) is 55.5 Å². The molecule has 1 aliphatic rings. The maximum absolute atomic E-state index is 14.6. The number of likely N-dealkylation sites (N-methyl/N-ethyl adjacent to an activating group) is 1. The third-order valence-corrected chi connectivity index (χ3v) is 8.50. The number of carbonyl (C=O) groups is 4. The van der Waals surface area contributed by atoms with E-state index in [-0.39, 0.29) is 43.1 Å². The van der Waals surface area contributed by atoms with Crippen LogP contribution in [0.2, 0.25) is 0 Å². The fourth-order valence-electron chi connectivity index (χ4n) is 5.66. The van der Waals surface area contributed by atoms with Crippen molar-refractivity contribution in [1.29, 1.82) is 0 Å². The van der Waals surface area contributed by atoms with Gasteiger partial charge in [-0.1, -0.05) is 60.7 Å². The van der Waals surface area contributed by atoms with E-state index in [1.54, 1.807) is 49.2 Å². The number of primary amides is 1. The van der Waals surface area contributed by atoms with E-state index >= 15 is 0 Å². The lowest BCUT2D eigenvalue weighted by molar-refractivity contribution is -0.133. The maximum atomic E-state index is 14.6. The lowest BCUT2D eigenvalue weighted by Crippen LogP contribution is -2.63. The van der Waals surface area contributed by atoms with E-state index in [0.717, 1.165) is 21.9 Å². The molecule has 2 atom stereocenters. The van der Waals surface area contributed by atoms with Gasteiger partial charge in [-0.05, 0) is 74.0 Å². The second-order valence-electron chi connectivity index (χ2n) is 10.9. The number of nitrogens with zero attached hydrogens (tertiary/aromatic N) is 2. The van der Waals surface area contributed by atoms with Gasteiger partial charge in [0, 0.05) is 17.7 Å². The molecule has 9 heteroatoms. The van der Waals surface area contributed by atoms with Gasteiger partial charge >= 0.3 is 0 Å². The maximum Gasteiger partial charge on any atom is 0.258 e. The zero-order chi connectivity index (χ0) is 30.2. The predicted molar refractivity (Wildman–Crippen MR) is 172 cm³/mol. The highest BCUT2D eigenvalue weighted by atomic mass is 35.5. The zero-order valence-electron chi connectivity index (χ0n) is 24.6. The van der Waals surface area contributed by atoms with Crippen molar-refractivity contribution in [3.8, 4) is 0 Å². The van der Waals surface area contributed by atoms with Crippen molar-refractivity contribution in [2.45, 2.75) is 32.9 Å². The molecule has 0 fully saturated rings. The Bertz CT molecular complexity index is 1720. The summed E-state index contributed by atoms with van der Waals surface area (Å²) in [6.07, 6.45) is 0. The van der Waals surface area contributed by atoms with Gasteiger partial charge in [0.05, 0.1) is 23.8 Å². The van der Waals surface area contributed by atoms with Crippen LogP contribution in [0.15, 0.2) is 84.9 Å². The highest BCUT2D eigenvalue weighted by molar-refractivity contribution is 6.13. The largest absolute Gasteiger partial charge is 0.368 e. The molecule has 0 aromatic heterocycles. The van der Waals surface area contributed by atoms with Crippen LogP contribution in [0.5, 0.6) is 0 Å². The third-order valence-electron chi connectivity index (χ3n) is 8.50. The molecule has 3 N–H and O–H groups in total. The average molecular weight is 599 g/mol. The Morgan fingerprint density at radius 1 is 0.907 bits per heavy atom. The van der Waals surface area contributed by atoms with Crippen LogP contribution in [0.1, 0.15) is 45.7 Å². The number of hydrogen-bond donors (Lipinski definition) is 2. The number of anilines is 2. The minimum atomic E-state index is -1.46. The number of nitrogens with one attached hydrogen (secondary N) is 1. The molecule has 5 rings (SSSR count). The predicted octanol–water partition coefficient (Wildman–Crippen LogP) is 5.05. The molecule has 0 aliphatic carbocycles. The summed E-state index contributed by atoms with van der Waals surface area (Å²) in [4.78, 5) is 56.6. The van der Waals surface area contributed by atoms with E-state index in [4.69, 9.17) is 5.73 Å². The van der Waals surface area contributed by atoms with Crippen molar-refractivity contribution in [3.63, 3.8) is 0 Å². The second kappa shape index (κ2) is 12.4. The Balaban J connectivity index is 0.00000423. The number of nitrogens with two attached hydrogens (primary N) is 1. The van der Waals surface area contributed by atoms with Crippen molar-refractivity contribution < 1.29 is 19.2 Å². The van der Waals surface area contributed by atoms with Crippen molar-refractivity contribution in [3.05, 3.63) is 107 Å². The number of carbonyl (C=O) groups excluding carboxylic acids is 4. The van der Waals surface area contributed by atoms with Gasteiger partial charge in [-0.15, -0.1) is 12.4 Å². The van der Waals surface area contributed by atoms with Crippen LogP contribution in [-0.4, -0.2) is 42.6 Å². The number of amides is 3. The van der Waals surface area contributed by atoms with Gasteiger partial charge in [0.2, 0.25) is 11.8 Å². The summed E-state index contributed by atoms with van der Waals surface area (Å²) in [6.45, 7) is 5.21. The van der Waals surface area contributed by atoms with Gasteiger partial charge in [0.1, 0.15) is 5.54 Å². The summed E-state index contributed by atoms with van der Waals surface area (Å²) in [6, 6.07) is 25.8. The van der Waals surface area contributed by atoms with Crippen molar-refractivity contribution in [1.82, 2.24) is 5.32 Å². The van der Waals surface area contributed by atoms with Crippen LogP contribution >= 0.6 is 12.4 Å². The number of hydrogen-bond acceptors (Lipinski definition) is 5. The molecule has 0 radical (unpaired) electrons. The number of Topliss-reactive ketones (excluding diaryl/α,β-unsaturated/α-hetero) is 1. The van der Waals surface area contributed by atoms with Crippen LogP contribution < -0.4 is 20.9 Å². The van der Waals surface area contributed by atoms with Crippen LogP contribution in [0.4, 0.5) is 11.4 Å². The molecule has 0 spiro atoms. The number of ketones is 1. The van der Waals surface area contributed by atoms with Crippen LogP contribution in [0.25, 0.3) is 10.8 Å². The Hall–Kier alpha value is -4.53. The molecule has 4 aromatic carbocycles. The smallest absolute Gasteiger partial charge is 0.258 e. The van der Waals surface area contributed by atoms with Crippen LogP contribution in [0.3, 0.4) is 0 Å². The van der Waals surface area contributed by atoms with E-state index in [0.29, 0.717) is 22.5 Å². The summed E-state index contributed by atoms with van der Waals surface area (Å²) in [5.41, 5.74) is 8.36. The zero-order valence-corrected chi connectivity index (χ0v) is 25.4. The Labute approximate surface area is 257 Å². The molecule has 1 unspecified atom stereocenters. The molecule has 0 bridgehead atoms. The lowest BCUT2D eigenvalue weighted by Gasteiger charge is -2.36. The standard InChI is InChI=1S/C34H34N4O4.ClH/c1-21-13-14-24-9-5-6-10-26(24)27(21)19-37-29-11-7-8-12-30(29)38(20-28(32(37)41)34(3,36-4)33(35)42)31(40)25-17-15-23(16-18-25)22(2)39;/h5-18,28,36H,19-20H2,1-4H3,(H2,35,42);1H/t28-,34?;/m1./s1. The number of rotatable bonds is 7. The minimum absolute atomic E-state index is 0. The first-order valence-electron chi connectivity index (χ1n) is 13.9. The van der Waals surface area contributed by atoms with Gasteiger partial charge < -0.3 is 20.9 Å². The van der Waals surface area contributed by atoms with Gasteiger partial charge in [-0.25, -0.2) is 0 Å². The second-order valence-corrected chi connectivity index (χ2v) is 10.9. The molecular formula is C34H35ClN4O4. The SMILES string of the molecule is CNC(C)(C(N)=O)[C@@H]1CN(C(=O)c2ccc(C(C)=O)cc2)c2ccccc2N(Cc2c(C)ccc3ccccc23)C1=O.Cl. The van der Waals surface area contributed by atoms with E-state index in [1.165, 1.54) is 11.8 Å². The number of aryl methyl sites for hydroxylation is 1. The lowest BCUT2D eigenvalue weighted by atomic mass is 9.83. The molecule has 8 nitrogen and oxygen atoms in total. The normalized spacial score (nSPS) is 16.1. The summed E-state index contributed by atoms with van der Waals surface area (Å²) >= 11 is 0. The summed E-state index contributed by atoms with van der Waals surface area (Å²) < 4.78 is 0. The van der Waals surface area contributed by atoms with Crippen LogP contribution in [-0.2, 0) is 16.1 Å². The van der Waals surface area contributed by atoms with E-state index in [2.05, 4.69) is 11.4 Å². The van der Waals surface area contributed by atoms with E-state index < -0.39 is 17.4 Å². The first-order valence-corrected chi connectivity index (χ1v) is 13.9. The number of halogens is 1. The molecule has 1 heterocycles. The van der Waals surface area contributed by atoms with Crippen molar-refractivity contribution in [2.75, 3.05) is 23.4 Å². The molecular weight excluding hydrogens is 564 g/mol. The Morgan fingerprint density at radius 2 is 1.51 bits per heavy atom. The quantitative estimate of drug-likeness (QED) is 0.289. The van der Waals surface area contributed by atoms with Gasteiger partial charge in [-0.2, -0.15) is 0 Å². The van der Waals surface area contributed by atoms with Gasteiger partial charge in [-0.3, -0.25) is 19.2 Å². The summed E-state index contributed by atoms with van der Waals surface area (Å²) in [5, 5.41) is 5.05. The number of benzene rings is 4. The van der Waals surface area contributed by atoms with Crippen molar-refractivity contribution >= 4 is 58.1 Å². The molecule has 0 saturated carbocycles. The third kappa shape index (κ3) is 5.63. The van der Waals surface area contributed by atoms with Crippen LogP contribution in [0, 0.1) is 12.8 Å². The summed E-state index contributed by atoms with van der Waals surface area (Å²) in [5.74, 6) is -2.50. The highest BCUT2D eigenvalue weighted by Crippen LogP contribution is 2.39. The number of para-hydroxylation sites is 2. The van der Waals surface area contributed by atoms with Gasteiger partial charge in [0.25, 0.3) is 5.91 Å². The fraction of sp³-hybridized carbons (Fsp3) is 0.235. The highest BCUT2D eigenvalue weighted by Gasteiger charge is 2.48. The minimum Gasteiger partial charge on any atom is -0.368 e. The Morgan fingerprint density at radius 3 is 2.14 bits per heavy atom. The molecule has 3 amide bonds. The number of fused-ring (bicyclic) bond motifs is 2. The first-order chi connectivity index (χ1) is 20.1. The summed E-state index contributed by atoms with van der Waals surface area (Å²) in [7, 11) is 1.59. The van der Waals surface area contributed by atoms with Gasteiger partial charge in [0.15, 0.2) is 5.78 Å². The first kappa shape index (κ1) is 31.4. The molecule has 4 aromatic rings. The molecule has 0 saturated heterocycles. The molecule has 222 valence electrons. The fourth-order valence-corrected chi connectivity index (χ4v) is 5.66.